The van der Waals surface area contributed by atoms with Crippen LogP contribution in [-0.2, 0) is 6.54 Å². The Morgan fingerprint density at radius 1 is 1.12 bits per heavy atom. The van der Waals surface area contributed by atoms with Crippen LogP contribution in [0.4, 0.5) is 11.8 Å². The largest absolute Gasteiger partial charge is 0.675 e. The van der Waals surface area contributed by atoms with Crippen LogP contribution in [0.15, 0.2) is 48.1 Å². The fraction of sp³-hybridized carbons (Fsp3) is 0.400. The molecule has 0 spiro atoms. The number of aromatic nitrogens is 4. The molecule has 1 aliphatic rings. The van der Waals surface area contributed by atoms with Gasteiger partial charge in [0.1, 0.15) is 0 Å². The van der Waals surface area contributed by atoms with Crippen molar-refractivity contribution in [1.29, 1.82) is 0 Å². The predicted molar refractivity (Wildman–Crippen MR) is 137 cm³/mol. The number of hydrogen-bond donors (Lipinski definition) is 2. The Kier molecular flexibility index (Phi) is 8.62. The van der Waals surface area contributed by atoms with E-state index in [1.165, 1.54) is 16.0 Å². The Hall–Kier alpha value is -1.53. The van der Waals surface area contributed by atoms with E-state index in [4.69, 9.17) is 15.7 Å². The van der Waals surface area contributed by atoms with Crippen LogP contribution in [-0.4, -0.2) is 31.6 Å². The first-order chi connectivity index (χ1) is 16.1. The van der Waals surface area contributed by atoms with Crippen molar-refractivity contribution in [3.05, 3.63) is 59.4 Å². The SMILES string of the molecule is CC(C)n1cnc2c(NCc3csc(-c4ccccc4)c3)nc(NC3CCC([NH-])CC3)nc21.[Ac]. The summed E-state index contributed by atoms with van der Waals surface area (Å²) in [5.74, 6) is 1.39. The molecule has 5 rings (SSSR count). The number of fused-ring (bicyclic) bond motifs is 1. The minimum absolute atomic E-state index is 0. The number of anilines is 2. The van der Waals surface area contributed by atoms with E-state index in [1.54, 1.807) is 11.3 Å². The second-order valence-electron chi connectivity index (χ2n) is 9.05. The summed E-state index contributed by atoms with van der Waals surface area (Å²) in [7, 11) is 0. The summed E-state index contributed by atoms with van der Waals surface area (Å²) in [4.78, 5) is 15.5. The molecule has 175 valence electrons. The number of hydrogen-bond acceptors (Lipinski definition) is 6. The van der Waals surface area contributed by atoms with Crippen LogP contribution in [0.25, 0.3) is 27.3 Å². The second-order valence-corrected chi connectivity index (χ2v) is 9.96. The summed E-state index contributed by atoms with van der Waals surface area (Å²) in [6.07, 6.45) is 5.67. The van der Waals surface area contributed by atoms with Crippen LogP contribution in [0.3, 0.4) is 0 Å². The molecule has 0 saturated heterocycles. The Bertz CT molecular complexity index is 1210. The van der Waals surface area contributed by atoms with E-state index in [0.717, 1.165) is 42.7 Å². The average molecular weight is 688 g/mol. The van der Waals surface area contributed by atoms with Crippen LogP contribution in [0.1, 0.15) is 51.1 Å². The van der Waals surface area contributed by atoms with Gasteiger partial charge in [-0.15, -0.1) is 17.4 Å². The summed E-state index contributed by atoms with van der Waals surface area (Å²) in [6, 6.07) is 13.3. The zero-order valence-electron chi connectivity index (χ0n) is 19.7. The van der Waals surface area contributed by atoms with Crippen molar-refractivity contribution in [2.45, 2.75) is 64.2 Å². The van der Waals surface area contributed by atoms with Gasteiger partial charge in [-0.25, -0.2) is 4.98 Å². The summed E-state index contributed by atoms with van der Waals surface area (Å²) in [5, 5.41) is 9.24. The molecular formula is C25H30AcN7S-. The number of rotatable bonds is 7. The number of thiophene rings is 1. The van der Waals surface area contributed by atoms with E-state index >= 15 is 0 Å². The summed E-state index contributed by atoms with van der Waals surface area (Å²) in [6.45, 7) is 4.94. The van der Waals surface area contributed by atoms with Crippen LogP contribution < -0.4 is 10.6 Å². The molecule has 1 aliphatic carbocycles. The molecule has 3 heterocycles. The Labute approximate surface area is 240 Å². The monoisotopic (exact) mass is 687 g/mol. The van der Waals surface area contributed by atoms with Crippen LogP contribution >= 0.6 is 11.3 Å². The van der Waals surface area contributed by atoms with Gasteiger partial charge >= 0.3 is 0 Å². The van der Waals surface area contributed by atoms with Crippen molar-refractivity contribution in [3.63, 3.8) is 0 Å². The zero-order valence-corrected chi connectivity index (χ0v) is 25.2. The number of nitrogens with one attached hydrogen (secondary N) is 3. The first-order valence-electron chi connectivity index (χ1n) is 11.7. The van der Waals surface area contributed by atoms with Crippen molar-refractivity contribution < 1.29 is 44.1 Å². The molecule has 7 nitrogen and oxygen atoms in total. The molecule has 1 fully saturated rings. The van der Waals surface area contributed by atoms with E-state index in [1.807, 2.05) is 12.4 Å². The van der Waals surface area contributed by atoms with Crippen LogP contribution in [0.2, 0.25) is 0 Å². The molecule has 3 N–H and O–H groups in total. The van der Waals surface area contributed by atoms with Gasteiger partial charge in [0.2, 0.25) is 5.95 Å². The third kappa shape index (κ3) is 5.81. The Morgan fingerprint density at radius 2 is 1.88 bits per heavy atom. The smallest absolute Gasteiger partial charge is 0.227 e. The second kappa shape index (κ2) is 11.5. The molecule has 0 aliphatic heterocycles. The molecule has 0 atom stereocenters. The normalized spacial score (nSPS) is 18.1. The maximum Gasteiger partial charge on any atom is 0.227 e. The van der Waals surface area contributed by atoms with Gasteiger partial charge in [-0.2, -0.15) is 9.97 Å². The molecule has 0 amide bonds. The zero-order chi connectivity index (χ0) is 22.8. The van der Waals surface area contributed by atoms with Crippen molar-refractivity contribution in [3.8, 4) is 10.4 Å². The topological polar surface area (TPSA) is 91.5 Å². The maximum atomic E-state index is 7.95. The van der Waals surface area contributed by atoms with Crippen LogP contribution in [0, 0.1) is 44.1 Å². The molecule has 1 aromatic carbocycles. The minimum Gasteiger partial charge on any atom is -0.675 e. The molecule has 3 aromatic heterocycles. The fourth-order valence-corrected chi connectivity index (χ4v) is 5.23. The summed E-state index contributed by atoms with van der Waals surface area (Å²) in [5.41, 5.74) is 12.0. The van der Waals surface area contributed by atoms with E-state index in [-0.39, 0.29) is 56.1 Å². The predicted octanol–water partition coefficient (Wildman–Crippen LogP) is 6.52. The van der Waals surface area contributed by atoms with Gasteiger partial charge < -0.3 is 20.9 Å². The Balaban J connectivity index is 0.00000274. The number of nitrogens with zero attached hydrogens (tertiary/aromatic N) is 4. The van der Waals surface area contributed by atoms with Crippen molar-refractivity contribution in [2.75, 3.05) is 10.6 Å². The standard InChI is InChI=1S/C25H30N7S.Ac/c1-16(2)32-15-28-22-23(27-13-17-12-21(33-14-17)18-6-4-3-5-7-18)30-25(31-24(22)32)29-20-10-8-19(26)9-11-20;/h3-7,12,14-16,19-20,26H,8-11,13H2,1-2H3,(H2,27,29,30,31);/q-1;. The fourth-order valence-electron chi connectivity index (χ4n) is 4.31. The van der Waals surface area contributed by atoms with Crippen LogP contribution in [0.5, 0.6) is 0 Å². The molecule has 9 heteroatoms. The average Bonchev–Trinajstić information content (AvgIpc) is 3.47. The third-order valence-corrected chi connectivity index (χ3v) is 7.24. The first kappa shape index (κ1) is 25.6. The Morgan fingerprint density at radius 3 is 2.62 bits per heavy atom. The summed E-state index contributed by atoms with van der Waals surface area (Å²) < 4.78 is 2.09. The van der Waals surface area contributed by atoms with Crippen molar-refractivity contribution in [2.24, 2.45) is 0 Å². The van der Waals surface area contributed by atoms with Gasteiger partial charge in [-0.1, -0.05) is 43.2 Å². The third-order valence-electron chi connectivity index (χ3n) is 6.21. The quantitative estimate of drug-likeness (QED) is 0.231. The van der Waals surface area contributed by atoms with Crippen molar-refractivity contribution in [1.82, 2.24) is 19.5 Å². The molecule has 1 radical (unpaired) electrons. The molecule has 1 saturated carbocycles. The van der Waals surface area contributed by atoms with Gasteiger partial charge in [0.05, 0.1) is 6.33 Å². The van der Waals surface area contributed by atoms with E-state index in [0.29, 0.717) is 18.5 Å². The van der Waals surface area contributed by atoms with Gasteiger partial charge in [-0.05, 0) is 49.3 Å². The van der Waals surface area contributed by atoms with Crippen molar-refractivity contribution >= 4 is 34.3 Å². The molecule has 4 aromatic rings. The van der Waals surface area contributed by atoms with E-state index in [2.05, 4.69) is 69.7 Å². The minimum atomic E-state index is 0. The number of imidazole rings is 1. The molecule has 34 heavy (non-hydrogen) atoms. The van der Waals surface area contributed by atoms with E-state index < -0.39 is 0 Å². The van der Waals surface area contributed by atoms with Gasteiger partial charge in [0, 0.05) is 67.6 Å². The maximum absolute atomic E-state index is 7.95. The molecule has 0 bridgehead atoms. The first-order valence-corrected chi connectivity index (χ1v) is 12.5. The van der Waals surface area contributed by atoms with E-state index in [9.17, 15) is 0 Å². The summed E-state index contributed by atoms with van der Waals surface area (Å²) >= 11 is 1.76. The van der Waals surface area contributed by atoms with Gasteiger partial charge in [-0.3, -0.25) is 0 Å². The molecular weight excluding hydrogens is 657 g/mol. The van der Waals surface area contributed by atoms with Gasteiger partial charge in [0.25, 0.3) is 0 Å². The van der Waals surface area contributed by atoms with Gasteiger partial charge in [0.15, 0.2) is 17.0 Å². The molecule has 0 unspecified atom stereocenters. The number of benzene rings is 1.